The molecule has 1 atom stereocenters. The fourth-order valence-electron chi connectivity index (χ4n) is 1.93. The predicted molar refractivity (Wildman–Crippen MR) is 78.0 cm³/mol. The Morgan fingerprint density at radius 3 is 2.78 bits per heavy atom. The van der Waals surface area contributed by atoms with Crippen LogP contribution in [0.5, 0.6) is 0 Å². The van der Waals surface area contributed by atoms with Crippen molar-refractivity contribution >= 4 is 27.5 Å². The highest BCUT2D eigenvalue weighted by Crippen LogP contribution is 2.31. The summed E-state index contributed by atoms with van der Waals surface area (Å²) in [7, 11) is 0. The van der Waals surface area contributed by atoms with Crippen LogP contribution in [-0.2, 0) is 6.42 Å². The molecule has 18 heavy (non-hydrogen) atoms. The van der Waals surface area contributed by atoms with Crippen molar-refractivity contribution in [3.63, 3.8) is 0 Å². The summed E-state index contributed by atoms with van der Waals surface area (Å²) in [6.07, 6.45) is 1.77. The lowest BCUT2D eigenvalue weighted by atomic mass is 10.00. The minimum Gasteiger partial charge on any atom is -0.207 e. The maximum atomic E-state index is 13.4. The van der Waals surface area contributed by atoms with Gasteiger partial charge in [-0.1, -0.05) is 28.9 Å². The van der Waals surface area contributed by atoms with Crippen molar-refractivity contribution < 1.29 is 4.39 Å². The van der Waals surface area contributed by atoms with Crippen LogP contribution in [0.15, 0.2) is 24.3 Å². The van der Waals surface area contributed by atoms with Crippen LogP contribution in [0.2, 0.25) is 0 Å². The van der Waals surface area contributed by atoms with Crippen LogP contribution in [0, 0.1) is 12.7 Å². The molecule has 0 radical (unpaired) electrons. The maximum Gasteiger partial charge on any atom is 0.123 e. The molecule has 2 rings (SSSR count). The zero-order valence-electron chi connectivity index (χ0n) is 10.4. The van der Waals surface area contributed by atoms with Crippen LogP contribution in [-0.4, -0.2) is 4.37 Å². The number of rotatable bonds is 4. The summed E-state index contributed by atoms with van der Waals surface area (Å²) < 4.78 is 17.6. The van der Waals surface area contributed by atoms with Gasteiger partial charge < -0.3 is 0 Å². The highest BCUT2D eigenvalue weighted by Gasteiger charge is 2.13. The largest absolute Gasteiger partial charge is 0.207 e. The summed E-state index contributed by atoms with van der Waals surface area (Å²) in [5.74, 6) is -0.174. The number of aryl methyl sites for hydroxylation is 1. The third kappa shape index (κ3) is 3.18. The topological polar surface area (TPSA) is 12.9 Å². The molecule has 0 aliphatic carbocycles. The summed E-state index contributed by atoms with van der Waals surface area (Å²) in [5, 5.41) is 0. The van der Waals surface area contributed by atoms with Crippen molar-refractivity contribution in [1.29, 1.82) is 0 Å². The zero-order valence-corrected chi connectivity index (χ0v) is 12.8. The Labute approximate surface area is 119 Å². The SMILES string of the molecule is CCC(Br)c1cc(F)ccc1Cc1cc(C)ns1. The molecule has 2 aromatic rings. The number of hydrogen-bond donors (Lipinski definition) is 0. The summed E-state index contributed by atoms with van der Waals surface area (Å²) in [4.78, 5) is 1.42. The molecule has 4 heteroatoms. The lowest BCUT2D eigenvalue weighted by Crippen LogP contribution is -1.98. The van der Waals surface area contributed by atoms with Gasteiger partial charge in [-0.05, 0) is 54.2 Å². The lowest BCUT2D eigenvalue weighted by molar-refractivity contribution is 0.623. The molecule has 0 saturated heterocycles. The lowest BCUT2D eigenvalue weighted by Gasteiger charge is -2.13. The van der Waals surface area contributed by atoms with Crippen molar-refractivity contribution in [3.05, 3.63) is 51.8 Å². The first-order valence-corrected chi connectivity index (χ1v) is 7.63. The Balaban J connectivity index is 2.31. The normalized spacial score (nSPS) is 12.7. The van der Waals surface area contributed by atoms with Crippen LogP contribution in [0.3, 0.4) is 0 Å². The van der Waals surface area contributed by atoms with Crippen LogP contribution in [0.4, 0.5) is 4.39 Å². The van der Waals surface area contributed by atoms with E-state index in [0.29, 0.717) is 0 Å². The van der Waals surface area contributed by atoms with Gasteiger partial charge >= 0.3 is 0 Å². The second kappa shape index (κ2) is 5.93. The third-order valence-corrected chi connectivity index (χ3v) is 4.86. The minimum absolute atomic E-state index is 0.174. The summed E-state index contributed by atoms with van der Waals surface area (Å²) in [5.41, 5.74) is 3.26. The van der Waals surface area contributed by atoms with Gasteiger partial charge in [0.25, 0.3) is 0 Å². The molecule has 0 fully saturated rings. The first-order valence-electron chi connectivity index (χ1n) is 5.94. The molecule has 1 nitrogen and oxygen atoms in total. The standard InChI is InChI=1S/C14H15BrFNS/c1-3-14(15)13-8-11(16)5-4-10(13)7-12-6-9(2)17-18-12/h4-6,8,14H,3,7H2,1-2H3. The van der Waals surface area contributed by atoms with Gasteiger partial charge in [-0.25, -0.2) is 4.39 Å². The molecule has 0 aliphatic heterocycles. The van der Waals surface area contributed by atoms with E-state index >= 15 is 0 Å². The highest BCUT2D eigenvalue weighted by molar-refractivity contribution is 9.09. The van der Waals surface area contributed by atoms with Gasteiger partial charge in [0.2, 0.25) is 0 Å². The Hall–Kier alpha value is -0.740. The molecule has 1 aromatic carbocycles. The second-order valence-corrected chi connectivity index (χ2v) is 6.33. The van der Waals surface area contributed by atoms with E-state index in [4.69, 9.17) is 0 Å². The molecule has 96 valence electrons. The number of alkyl halides is 1. The van der Waals surface area contributed by atoms with Gasteiger partial charge in [0, 0.05) is 16.1 Å². The molecule has 0 spiro atoms. The quantitative estimate of drug-likeness (QED) is 0.718. The van der Waals surface area contributed by atoms with Gasteiger partial charge in [0.15, 0.2) is 0 Å². The summed E-state index contributed by atoms with van der Waals surface area (Å²) >= 11 is 5.13. The van der Waals surface area contributed by atoms with Crippen molar-refractivity contribution in [3.8, 4) is 0 Å². The van der Waals surface area contributed by atoms with Crippen LogP contribution < -0.4 is 0 Å². The Bertz CT molecular complexity index is 538. The molecule has 0 aliphatic rings. The average Bonchev–Trinajstić information content (AvgIpc) is 2.76. The Morgan fingerprint density at radius 1 is 1.39 bits per heavy atom. The first kappa shape index (κ1) is 13.7. The molecule has 1 unspecified atom stereocenters. The van der Waals surface area contributed by atoms with E-state index in [2.05, 4.69) is 33.3 Å². The first-order chi connectivity index (χ1) is 8.60. The monoisotopic (exact) mass is 327 g/mol. The molecule has 1 aromatic heterocycles. The van der Waals surface area contributed by atoms with Crippen LogP contribution in [0.1, 0.15) is 39.9 Å². The van der Waals surface area contributed by atoms with Gasteiger partial charge in [-0.2, -0.15) is 4.37 Å². The van der Waals surface area contributed by atoms with E-state index in [1.54, 1.807) is 6.07 Å². The number of benzene rings is 1. The highest BCUT2D eigenvalue weighted by atomic mass is 79.9. The van der Waals surface area contributed by atoms with Crippen molar-refractivity contribution in [2.45, 2.75) is 31.5 Å². The van der Waals surface area contributed by atoms with Gasteiger partial charge in [0.05, 0.1) is 5.69 Å². The molecule has 1 heterocycles. The Kier molecular flexibility index (Phi) is 4.51. The van der Waals surface area contributed by atoms with Gasteiger partial charge in [-0.15, -0.1) is 0 Å². The van der Waals surface area contributed by atoms with Crippen molar-refractivity contribution in [1.82, 2.24) is 4.37 Å². The van der Waals surface area contributed by atoms with Crippen molar-refractivity contribution in [2.75, 3.05) is 0 Å². The second-order valence-electron chi connectivity index (χ2n) is 4.33. The molecular weight excluding hydrogens is 313 g/mol. The van der Waals surface area contributed by atoms with E-state index in [0.717, 1.165) is 24.1 Å². The van der Waals surface area contributed by atoms with E-state index in [1.807, 2.05) is 13.0 Å². The summed E-state index contributed by atoms with van der Waals surface area (Å²) in [6.45, 7) is 4.08. The van der Waals surface area contributed by atoms with Crippen molar-refractivity contribution in [2.24, 2.45) is 0 Å². The predicted octanol–water partition coefficient (Wildman–Crippen LogP) is 5.03. The smallest absolute Gasteiger partial charge is 0.123 e. The van der Waals surface area contributed by atoms with Gasteiger partial charge in [-0.3, -0.25) is 0 Å². The van der Waals surface area contributed by atoms with Gasteiger partial charge in [0.1, 0.15) is 5.82 Å². The molecule has 0 saturated carbocycles. The van der Waals surface area contributed by atoms with Crippen LogP contribution in [0.25, 0.3) is 0 Å². The molecule has 0 N–H and O–H groups in total. The number of hydrogen-bond acceptors (Lipinski definition) is 2. The van der Waals surface area contributed by atoms with E-state index in [9.17, 15) is 4.39 Å². The third-order valence-electron chi connectivity index (χ3n) is 2.85. The fraction of sp³-hybridized carbons (Fsp3) is 0.357. The average molecular weight is 328 g/mol. The summed E-state index contributed by atoms with van der Waals surface area (Å²) in [6, 6.07) is 7.13. The molecule has 0 amide bonds. The fourth-order valence-corrected chi connectivity index (χ4v) is 3.11. The van der Waals surface area contributed by atoms with Crippen LogP contribution >= 0.6 is 27.5 Å². The maximum absolute atomic E-state index is 13.4. The number of nitrogens with zero attached hydrogens (tertiary/aromatic N) is 1. The van der Waals surface area contributed by atoms with E-state index in [-0.39, 0.29) is 10.6 Å². The zero-order chi connectivity index (χ0) is 13.1. The number of aromatic nitrogens is 1. The number of halogens is 2. The van der Waals surface area contributed by atoms with E-state index in [1.165, 1.54) is 28.0 Å². The molecular formula is C14H15BrFNS. The Morgan fingerprint density at radius 2 is 2.17 bits per heavy atom. The van der Waals surface area contributed by atoms with E-state index < -0.39 is 0 Å². The minimum atomic E-state index is -0.174. The molecule has 0 bridgehead atoms.